The molecule has 0 saturated heterocycles. The zero-order valence-electron chi connectivity index (χ0n) is 10.8. The van der Waals surface area contributed by atoms with E-state index in [2.05, 4.69) is 9.97 Å². The maximum Gasteiger partial charge on any atom is 0.328 e. The van der Waals surface area contributed by atoms with Crippen LogP contribution in [0.2, 0.25) is 0 Å². The molecule has 0 fully saturated rings. The fourth-order valence-electron chi connectivity index (χ4n) is 1.17. The molecule has 19 heavy (non-hydrogen) atoms. The smallest absolute Gasteiger partial charge is 0.304 e. The van der Waals surface area contributed by atoms with Gasteiger partial charge >= 0.3 is 11.4 Å². The van der Waals surface area contributed by atoms with Crippen LogP contribution < -0.4 is 22.5 Å². The average Bonchev–Trinajstić information content (AvgIpc) is 2.33. The number of nitrogens with one attached hydrogen (secondary N) is 2. The molecule has 0 aliphatic rings. The van der Waals surface area contributed by atoms with E-state index in [4.69, 9.17) is 0 Å². The Hall–Kier alpha value is -2.64. The largest absolute Gasteiger partial charge is 0.328 e. The summed E-state index contributed by atoms with van der Waals surface area (Å²) in [6.07, 6.45) is 2.92. The lowest BCUT2D eigenvalue weighted by Crippen LogP contribution is -2.28. The first-order chi connectivity index (χ1) is 8.81. The highest BCUT2D eigenvalue weighted by molar-refractivity contribution is 4.99. The molecule has 0 aliphatic heterocycles. The molecule has 2 aromatic rings. The molecule has 0 aromatic carbocycles. The van der Waals surface area contributed by atoms with Crippen molar-refractivity contribution in [2.45, 2.75) is 6.92 Å². The first-order valence-corrected chi connectivity index (χ1v) is 5.34. The minimum Gasteiger partial charge on any atom is -0.304 e. The second-order valence-electron chi connectivity index (χ2n) is 3.90. The molecule has 0 bridgehead atoms. The summed E-state index contributed by atoms with van der Waals surface area (Å²) in [5.74, 6) is 0. The summed E-state index contributed by atoms with van der Waals surface area (Å²) < 4.78 is 2.62. The molecule has 2 heterocycles. The van der Waals surface area contributed by atoms with Crippen LogP contribution in [0.15, 0.2) is 37.6 Å². The van der Waals surface area contributed by atoms with Gasteiger partial charge < -0.3 is 9.13 Å². The molecule has 0 radical (unpaired) electrons. The Bertz CT molecular complexity index is 762. The Morgan fingerprint density at radius 2 is 1.53 bits per heavy atom. The predicted molar refractivity (Wildman–Crippen MR) is 69.3 cm³/mol. The zero-order valence-corrected chi connectivity index (χ0v) is 10.8. The second kappa shape index (κ2) is 5.80. The predicted octanol–water partition coefficient (Wildman–Crippen LogP) is -1.54. The van der Waals surface area contributed by atoms with Gasteiger partial charge in [0.1, 0.15) is 0 Å². The molecule has 0 unspecified atom stereocenters. The maximum absolute atomic E-state index is 10.7. The third kappa shape index (κ3) is 3.95. The van der Waals surface area contributed by atoms with Gasteiger partial charge in [0.2, 0.25) is 0 Å². The third-order valence-corrected chi connectivity index (χ3v) is 2.29. The molecule has 2 N–H and O–H groups in total. The van der Waals surface area contributed by atoms with E-state index in [-0.39, 0.29) is 22.5 Å². The summed E-state index contributed by atoms with van der Waals surface area (Å²) in [5, 5.41) is 0. The van der Waals surface area contributed by atoms with Crippen molar-refractivity contribution in [2.75, 3.05) is 0 Å². The van der Waals surface area contributed by atoms with E-state index >= 15 is 0 Å². The van der Waals surface area contributed by atoms with Crippen LogP contribution in [0.5, 0.6) is 0 Å². The summed E-state index contributed by atoms with van der Waals surface area (Å²) in [5.41, 5.74) is -0.901. The molecule has 2 aromatic heterocycles. The first kappa shape index (κ1) is 14.4. The summed E-state index contributed by atoms with van der Waals surface area (Å²) >= 11 is 0. The van der Waals surface area contributed by atoms with Gasteiger partial charge in [0.25, 0.3) is 11.1 Å². The highest BCUT2D eigenvalue weighted by Crippen LogP contribution is 1.77. The molecule has 2 rings (SSSR count). The molecular formula is C11H14N4O4. The van der Waals surface area contributed by atoms with Crippen molar-refractivity contribution in [3.8, 4) is 0 Å². The maximum atomic E-state index is 10.7. The fourth-order valence-corrected chi connectivity index (χ4v) is 1.17. The minimum absolute atomic E-state index is 0.317. The Kier molecular flexibility index (Phi) is 4.41. The van der Waals surface area contributed by atoms with Crippen molar-refractivity contribution in [3.05, 3.63) is 65.7 Å². The standard InChI is InChI=1S/C6H8N2O2.C5H6N2O2/c1-4-3-8(2)6(10)7-5(4)9;1-7-3-2-4(8)6-5(7)9/h3H,1-2H3,(H,7,9,10);2-3H,1H3,(H,6,8,9). The lowest BCUT2D eigenvalue weighted by molar-refractivity contribution is 0.789. The minimum atomic E-state index is -0.387. The Labute approximate surface area is 107 Å². The highest BCUT2D eigenvalue weighted by atomic mass is 16.2. The zero-order chi connectivity index (χ0) is 14.6. The van der Waals surface area contributed by atoms with E-state index in [1.54, 1.807) is 21.0 Å². The van der Waals surface area contributed by atoms with Crippen molar-refractivity contribution in [1.82, 2.24) is 19.1 Å². The van der Waals surface area contributed by atoms with E-state index in [1.165, 1.54) is 27.6 Å². The van der Waals surface area contributed by atoms with Gasteiger partial charge in [-0.25, -0.2) is 9.59 Å². The Morgan fingerprint density at radius 3 is 2.00 bits per heavy atom. The van der Waals surface area contributed by atoms with Crippen LogP contribution in [-0.4, -0.2) is 19.1 Å². The van der Waals surface area contributed by atoms with Crippen molar-refractivity contribution < 1.29 is 0 Å². The van der Waals surface area contributed by atoms with Gasteiger partial charge in [-0.05, 0) is 6.92 Å². The number of hydrogen-bond donors (Lipinski definition) is 2. The quantitative estimate of drug-likeness (QED) is 0.601. The fraction of sp³-hybridized carbons (Fsp3) is 0.273. The number of aryl methyl sites for hydroxylation is 3. The number of rotatable bonds is 0. The van der Waals surface area contributed by atoms with Gasteiger partial charge in [0.05, 0.1) is 0 Å². The van der Waals surface area contributed by atoms with Gasteiger partial charge in [0, 0.05) is 38.1 Å². The van der Waals surface area contributed by atoms with Crippen molar-refractivity contribution >= 4 is 0 Å². The van der Waals surface area contributed by atoms with E-state index < -0.39 is 0 Å². The van der Waals surface area contributed by atoms with Crippen LogP contribution >= 0.6 is 0 Å². The molecule has 0 saturated carbocycles. The van der Waals surface area contributed by atoms with Gasteiger partial charge in [-0.1, -0.05) is 0 Å². The molecule has 8 heteroatoms. The molecule has 8 nitrogen and oxygen atoms in total. The van der Waals surface area contributed by atoms with Crippen molar-refractivity contribution in [3.63, 3.8) is 0 Å². The Balaban J connectivity index is 0.000000191. The summed E-state index contributed by atoms with van der Waals surface area (Å²) in [4.78, 5) is 46.6. The monoisotopic (exact) mass is 266 g/mol. The summed E-state index contributed by atoms with van der Waals surface area (Å²) in [7, 11) is 3.16. The van der Waals surface area contributed by atoms with E-state index in [0.29, 0.717) is 5.56 Å². The van der Waals surface area contributed by atoms with Gasteiger partial charge in [-0.15, -0.1) is 0 Å². The number of H-pyrrole nitrogens is 2. The lowest BCUT2D eigenvalue weighted by atomic mass is 10.4. The molecule has 0 spiro atoms. The van der Waals surface area contributed by atoms with Gasteiger partial charge in [-0.3, -0.25) is 19.6 Å². The van der Waals surface area contributed by atoms with Crippen LogP contribution in [-0.2, 0) is 14.1 Å². The van der Waals surface area contributed by atoms with Gasteiger partial charge in [-0.2, -0.15) is 0 Å². The number of aromatic nitrogens is 4. The van der Waals surface area contributed by atoms with Crippen LogP contribution in [0, 0.1) is 6.92 Å². The van der Waals surface area contributed by atoms with Gasteiger partial charge in [0.15, 0.2) is 0 Å². The van der Waals surface area contributed by atoms with E-state index in [9.17, 15) is 19.2 Å². The molecule has 0 atom stereocenters. The van der Waals surface area contributed by atoms with Crippen LogP contribution in [0.4, 0.5) is 0 Å². The van der Waals surface area contributed by atoms with Crippen molar-refractivity contribution in [2.24, 2.45) is 14.1 Å². The first-order valence-electron chi connectivity index (χ1n) is 5.34. The molecule has 102 valence electrons. The van der Waals surface area contributed by atoms with E-state index in [1.807, 2.05) is 0 Å². The normalized spacial score (nSPS) is 9.63. The van der Waals surface area contributed by atoms with E-state index in [0.717, 1.165) is 0 Å². The van der Waals surface area contributed by atoms with Crippen LogP contribution in [0.3, 0.4) is 0 Å². The van der Waals surface area contributed by atoms with Crippen molar-refractivity contribution in [1.29, 1.82) is 0 Å². The molecule has 0 amide bonds. The Morgan fingerprint density at radius 1 is 0.947 bits per heavy atom. The average molecular weight is 266 g/mol. The van der Waals surface area contributed by atoms with Crippen LogP contribution in [0.25, 0.3) is 0 Å². The molecule has 0 aliphatic carbocycles. The summed E-state index contributed by atoms with van der Waals surface area (Å²) in [6, 6.07) is 1.29. The molecular weight excluding hydrogens is 252 g/mol. The lowest BCUT2D eigenvalue weighted by Gasteiger charge is -1.94. The number of hydrogen-bond acceptors (Lipinski definition) is 4. The summed E-state index contributed by atoms with van der Waals surface area (Å²) in [6.45, 7) is 1.65. The topological polar surface area (TPSA) is 110 Å². The third-order valence-electron chi connectivity index (χ3n) is 2.29. The number of nitrogens with zero attached hydrogens (tertiary/aromatic N) is 2. The SMILES string of the molecule is Cc1cn(C)c(=O)[nH]c1=O.Cn1ccc(=O)[nH]c1=O. The van der Waals surface area contributed by atoms with Crippen LogP contribution in [0.1, 0.15) is 5.56 Å². The second-order valence-corrected chi connectivity index (χ2v) is 3.90. The highest BCUT2D eigenvalue weighted by Gasteiger charge is 1.93. The number of aromatic amines is 2.